The number of fused-ring (bicyclic) bond motifs is 1. The van der Waals surface area contributed by atoms with Gasteiger partial charge in [-0.3, -0.25) is 4.79 Å². The van der Waals surface area contributed by atoms with Crippen molar-refractivity contribution in [2.45, 2.75) is 31.1 Å². The molecule has 0 saturated heterocycles. The van der Waals surface area contributed by atoms with Crippen molar-refractivity contribution < 1.29 is 0 Å². The molecule has 1 aliphatic rings. The van der Waals surface area contributed by atoms with E-state index in [1.54, 1.807) is 0 Å². The number of hydrogen-bond donors (Lipinski definition) is 1. The molecule has 1 aromatic carbocycles. The number of rotatable bonds is 2. The maximum absolute atomic E-state index is 11.6. The first-order chi connectivity index (χ1) is 9.26. The summed E-state index contributed by atoms with van der Waals surface area (Å²) in [4.78, 5) is 18.9. The summed E-state index contributed by atoms with van der Waals surface area (Å²) in [7, 11) is 0. The smallest absolute Gasteiger partial charge is 0.251 e. The average Bonchev–Trinajstić information content (AvgIpc) is 2.46. The fourth-order valence-electron chi connectivity index (χ4n) is 2.72. The third-order valence-electron chi connectivity index (χ3n) is 3.68. The van der Waals surface area contributed by atoms with Crippen LogP contribution in [0, 0.1) is 0 Å². The first-order valence-corrected chi connectivity index (χ1v) is 7.02. The van der Waals surface area contributed by atoms with E-state index in [-0.39, 0.29) is 17.4 Å². The lowest BCUT2D eigenvalue weighted by Crippen LogP contribution is -2.20. The fraction of sp³-hybridized carbons (Fsp3) is 0.333. The summed E-state index contributed by atoms with van der Waals surface area (Å²) in [5.41, 5.74) is 3.31. The van der Waals surface area contributed by atoms with Crippen LogP contribution < -0.4 is 5.56 Å². The molecule has 1 aromatic heterocycles. The number of H-pyrrole nitrogens is 1. The SMILES string of the molecule is O=c1cc(CCl)nc(C2CCc3ccccc3C2)[nH]1. The van der Waals surface area contributed by atoms with E-state index in [1.807, 2.05) is 0 Å². The average molecular weight is 275 g/mol. The van der Waals surface area contributed by atoms with Gasteiger partial charge in [0.1, 0.15) is 5.82 Å². The van der Waals surface area contributed by atoms with Crippen LogP contribution in [0.3, 0.4) is 0 Å². The van der Waals surface area contributed by atoms with Crippen LogP contribution in [0.15, 0.2) is 35.1 Å². The Labute approximate surface area is 116 Å². The van der Waals surface area contributed by atoms with Crippen molar-refractivity contribution >= 4 is 11.6 Å². The molecule has 0 fully saturated rings. The maximum atomic E-state index is 11.6. The minimum Gasteiger partial charge on any atom is -0.310 e. The van der Waals surface area contributed by atoms with Crippen LogP contribution in [0.5, 0.6) is 0 Å². The highest BCUT2D eigenvalue weighted by molar-refractivity contribution is 6.16. The molecule has 0 spiro atoms. The van der Waals surface area contributed by atoms with Gasteiger partial charge < -0.3 is 4.98 Å². The molecule has 98 valence electrons. The molecule has 1 aliphatic carbocycles. The second-order valence-electron chi connectivity index (χ2n) is 4.96. The van der Waals surface area contributed by atoms with Crippen LogP contribution in [-0.2, 0) is 18.7 Å². The molecule has 3 rings (SSSR count). The number of benzene rings is 1. The molecule has 19 heavy (non-hydrogen) atoms. The second kappa shape index (κ2) is 5.17. The van der Waals surface area contributed by atoms with Crippen molar-refractivity contribution in [3.05, 3.63) is 63.3 Å². The van der Waals surface area contributed by atoms with Crippen LogP contribution in [0.4, 0.5) is 0 Å². The summed E-state index contributed by atoms with van der Waals surface area (Å²) in [6.07, 6.45) is 2.99. The summed E-state index contributed by atoms with van der Waals surface area (Å²) in [5.74, 6) is 1.34. The zero-order valence-electron chi connectivity index (χ0n) is 10.5. The Hall–Kier alpha value is -1.61. The lowest BCUT2D eigenvalue weighted by molar-refractivity contribution is 0.551. The normalized spacial score (nSPS) is 18.1. The molecule has 0 aliphatic heterocycles. The molecular formula is C15H15ClN2O. The number of nitrogens with zero attached hydrogens (tertiary/aromatic N) is 1. The number of nitrogens with one attached hydrogen (secondary N) is 1. The predicted octanol–water partition coefficient (Wildman–Crippen LogP) is 2.78. The van der Waals surface area contributed by atoms with Gasteiger partial charge in [-0.1, -0.05) is 24.3 Å². The molecule has 2 aromatic rings. The third-order valence-corrected chi connectivity index (χ3v) is 3.96. The number of alkyl halides is 1. The zero-order chi connectivity index (χ0) is 13.2. The largest absolute Gasteiger partial charge is 0.310 e. The Bertz CT molecular complexity index is 651. The van der Waals surface area contributed by atoms with E-state index in [0.29, 0.717) is 5.69 Å². The number of halogens is 1. The highest BCUT2D eigenvalue weighted by Gasteiger charge is 2.21. The van der Waals surface area contributed by atoms with Gasteiger partial charge in [-0.2, -0.15) is 0 Å². The lowest BCUT2D eigenvalue weighted by Gasteiger charge is -2.23. The predicted molar refractivity (Wildman–Crippen MR) is 75.6 cm³/mol. The van der Waals surface area contributed by atoms with E-state index in [9.17, 15) is 4.79 Å². The molecule has 1 unspecified atom stereocenters. The van der Waals surface area contributed by atoms with Gasteiger partial charge >= 0.3 is 0 Å². The summed E-state index contributed by atoms with van der Waals surface area (Å²) >= 11 is 5.78. The minimum absolute atomic E-state index is 0.112. The maximum Gasteiger partial charge on any atom is 0.251 e. The first kappa shape index (κ1) is 12.4. The van der Waals surface area contributed by atoms with Crippen LogP contribution >= 0.6 is 11.6 Å². The number of hydrogen-bond acceptors (Lipinski definition) is 2. The van der Waals surface area contributed by atoms with E-state index in [0.717, 1.165) is 25.1 Å². The van der Waals surface area contributed by atoms with E-state index in [2.05, 4.69) is 34.2 Å². The molecule has 4 heteroatoms. The molecule has 1 N–H and O–H groups in total. The lowest BCUT2D eigenvalue weighted by atomic mass is 9.83. The Morgan fingerprint density at radius 2 is 2.11 bits per heavy atom. The van der Waals surface area contributed by atoms with E-state index >= 15 is 0 Å². The summed E-state index contributed by atoms with van der Waals surface area (Å²) in [6.45, 7) is 0. The second-order valence-corrected chi connectivity index (χ2v) is 5.23. The van der Waals surface area contributed by atoms with Crippen LogP contribution in [0.2, 0.25) is 0 Å². The Morgan fingerprint density at radius 1 is 1.32 bits per heavy atom. The Balaban J connectivity index is 1.93. The molecule has 0 radical (unpaired) electrons. The number of aromatic amines is 1. The van der Waals surface area contributed by atoms with E-state index in [4.69, 9.17) is 11.6 Å². The van der Waals surface area contributed by atoms with Crippen LogP contribution in [0.25, 0.3) is 0 Å². The summed E-state index contributed by atoms with van der Waals surface area (Å²) in [5, 5.41) is 0. The van der Waals surface area contributed by atoms with Gasteiger partial charge in [0.05, 0.1) is 11.6 Å². The quantitative estimate of drug-likeness (QED) is 0.856. The van der Waals surface area contributed by atoms with Crippen molar-refractivity contribution in [1.82, 2.24) is 9.97 Å². The highest BCUT2D eigenvalue weighted by Crippen LogP contribution is 2.30. The number of aryl methyl sites for hydroxylation is 1. The van der Waals surface area contributed by atoms with Gasteiger partial charge in [-0.25, -0.2) is 4.98 Å². The van der Waals surface area contributed by atoms with Crippen molar-refractivity contribution in [3.63, 3.8) is 0 Å². The van der Waals surface area contributed by atoms with Gasteiger partial charge in [0.15, 0.2) is 0 Å². The molecular weight excluding hydrogens is 260 g/mol. The zero-order valence-corrected chi connectivity index (χ0v) is 11.3. The Morgan fingerprint density at radius 3 is 2.89 bits per heavy atom. The van der Waals surface area contributed by atoms with Gasteiger partial charge in [0.2, 0.25) is 0 Å². The monoisotopic (exact) mass is 274 g/mol. The Kier molecular flexibility index (Phi) is 3.38. The summed E-state index contributed by atoms with van der Waals surface area (Å²) < 4.78 is 0. The van der Waals surface area contributed by atoms with Crippen molar-refractivity contribution in [3.8, 4) is 0 Å². The molecule has 0 saturated carbocycles. The topological polar surface area (TPSA) is 45.8 Å². The molecule has 0 amide bonds. The first-order valence-electron chi connectivity index (χ1n) is 6.49. The molecule has 3 nitrogen and oxygen atoms in total. The van der Waals surface area contributed by atoms with Gasteiger partial charge in [-0.15, -0.1) is 11.6 Å². The van der Waals surface area contributed by atoms with Gasteiger partial charge in [0.25, 0.3) is 5.56 Å². The highest BCUT2D eigenvalue weighted by atomic mass is 35.5. The van der Waals surface area contributed by atoms with Crippen LogP contribution in [0.1, 0.15) is 35.0 Å². The third kappa shape index (κ3) is 2.56. The van der Waals surface area contributed by atoms with Crippen molar-refractivity contribution in [2.75, 3.05) is 0 Å². The van der Waals surface area contributed by atoms with E-state index in [1.165, 1.54) is 17.2 Å². The van der Waals surface area contributed by atoms with Crippen molar-refractivity contribution in [1.29, 1.82) is 0 Å². The van der Waals surface area contributed by atoms with Crippen molar-refractivity contribution in [2.24, 2.45) is 0 Å². The summed E-state index contributed by atoms with van der Waals surface area (Å²) in [6, 6.07) is 9.94. The van der Waals surface area contributed by atoms with Gasteiger partial charge in [-0.05, 0) is 30.4 Å². The minimum atomic E-state index is -0.112. The molecule has 1 atom stereocenters. The van der Waals surface area contributed by atoms with E-state index < -0.39 is 0 Å². The molecule has 0 bridgehead atoms. The van der Waals surface area contributed by atoms with Gasteiger partial charge in [0, 0.05) is 12.0 Å². The molecule has 1 heterocycles. The standard InChI is InChI=1S/C15H15ClN2O/c16-9-13-8-14(19)18-15(17-13)12-6-5-10-3-1-2-4-11(10)7-12/h1-4,8,12H,5-7,9H2,(H,17,18,19). The number of aromatic nitrogens is 2. The van der Waals surface area contributed by atoms with Crippen LogP contribution in [-0.4, -0.2) is 9.97 Å². The fourth-order valence-corrected chi connectivity index (χ4v) is 2.86.